The van der Waals surface area contributed by atoms with Gasteiger partial charge in [0.15, 0.2) is 0 Å². The average Bonchev–Trinajstić information content (AvgIpc) is 1.00. The van der Waals surface area contributed by atoms with Gasteiger partial charge >= 0.3 is 29.6 Å². The zero-order chi connectivity index (χ0) is 2.00. The van der Waals surface area contributed by atoms with Crippen LogP contribution in [-0.2, 0) is 17.4 Å². The molecule has 1 N–H and O–H groups in total. The van der Waals surface area contributed by atoms with E-state index in [4.69, 9.17) is 4.66 Å². The molecule has 0 radical (unpaired) electrons. The van der Waals surface area contributed by atoms with Crippen LogP contribution in [-0.4, -0.2) is 4.66 Å². The molecular weight excluding hydrogens is 126 g/mol. The molecule has 0 saturated carbocycles. The minimum Gasteiger partial charge on any atom is -1.00 e. The maximum atomic E-state index is 6.47. The predicted octanol–water partition coefficient (Wildman–Crippen LogP) is -2.75. The first-order valence-corrected chi connectivity index (χ1v) is 0.507. The quantitative estimate of drug-likeness (QED) is 0.351. The van der Waals surface area contributed by atoms with Crippen LogP contribution in [0.15, 0.2) is 0 Å². The maximum absolute atomic E-state index is 6.47. The van der Waals surface area contributed by atoms with Gasteiger partial charge in [0.05, 0.1) is 11.9 Å². The Kier molecular flexibility index (Phi) is 92.0. The summed E-state index contributed by atoms with van der Waals surface area (Å²) in [5.74, 6) is 0. The van der Waals surface area contributed by atoms with Crippen molar-refractivity contribution in [2.75, 3.05) is 0 Å². The molecule has 0 amide bonds. The van der Waals surface area contributed by atoms with E-state index in [1.165, 1.54) is 0 Å². The molecule has 0 saturated heterocycles. The summed E-state index contributed by atoms with van der Waals surface area (Å²) >= 11 is 3.64. The van der Waals surface area contributed by atoms with E-state index in [0.717, 1.165) is 0 Å². The molecule has 22 valence electrons. The topological polar surface area (TPSA) is 20.2 Å². The van der Waals surface area contributed by atoms with Crippen molar-refractivity contribution in [2.24, 2.45) is 0 Å². The fourth-order valence-electron chi connectivity index (χ4n) is 0. The fourth-order valence-corrected chi connectivity index (χ4v) is 0. The van der Waals surface area contributed by atoms with Crippen LogP contribution in [0.1, 0.15) is 1.43 Å². The first-order chi connectivity index (χ1) is 1.00. The van der Waals surface area contributed by atoms with E-state index in [2.05, 4.69) is 11.9 Å². The van der Waals surface area contributed by atoms with Gasteiger partial charge in [-0.2, -0.15) is 0 Å². The van der Waals surface area contributed by atoms with E-state index < -0.39 is 0 Å². The first kappa shape index (κ1) is 17.1. The van der Waals surface area contributed by atoms with Crippen LogP contribution in [0.4, 0.5) is 0 Å². The Balaban J connectivity index is -0.00000000167. The van der Waals surface area contributed by atoms with Crippen molar-refractivity contribution in [3.8, 4) is 0 Å². The molecule has 0 spiro atoms. The van der Waals surface area contributed by atoms with Crippen LogP contribution in [0.3, 0.4) is 0 Å². The van der Waals surface area contributed by atoms with Gasteiger partial charge in [-0.05, 0) is 0 Å². The smallest absolute Gasteiger partial charge is 1.00 e. The van der Waals surface area contributed by atoms with Gasteiger partial charge in [-0.3, -0.25) is 4.66 Å². The summed E-state index contributed by atoms with van der Waals surface area (Å²) in [5, 5.41) is 0. The molecule has 0 heterocycles. The van der Waals surface area contributed by atoms with Crippen molar-refractivity contribution < 1.29 is 53.0 Å². The summed E-state index contributed by atoms with van der Waals surface area (Å²) in [6, 6.07) is 0. The standard InChI is InChI=1S/ClHO.Cr.Na.H/c1-2;;;/h2H;;;/q;;+1;-1. The third-order valence-corrected chi connectivity index (χ3v) is 0. The van der Waals surface area contributed by atoms with Crippen LogP contribution in [0.25, 0.3) is 0 Å². The van der Waals surface area contributed by atoms with Gasteiger partial charge in [0.25, 0.3) is 0 Å². The molecule has 0 aromatic rings. The van der Waals surface area contributed by atoms with Crippen LogP contribution in [0, 0.1) is 0 Å². The summed E-state index contributed by atoms with van der Waals surface area (Å²) in [4.78, 5) is 0. The molecule has 0 aliphatic heterocycles. The van der Waals surface area contributed by atoms with Crippen molar-refractivity contribution in [2.45, 2.75) is 0 Å². The van der Waals surface area contributed by atoms with Crippen molar-refractivity contribution in [3.05, 3.63) is 0 Å². The van der Waals surface area contributed by atoms with Gasteiger partial charge in [0, 0.05) is 17.4 Å². The molecule has 0 aliphatic rings. The SMILES string of the molecule is OCl.[Cr].[H-].[Na+]. The Labute approximate surface area is 64.4 Å². The van der Waals surface area contributed by atoms with Crippen molar-refractivity contribution >= 4 is 11.9 Å². The third kappa shape index (κ3) is 9.22. The molecule has 0 unspecified atom stereocenters. The molecule has 4 heteroatoms. The molecule has 1 nitrogen and oxygen atoms in total. The predicted molar refractivity (Wildman–Crippen MR) is 9.18 cm³/mol. The zero-order valence-electron chi connectivity index (χ0n) is 3.23. The summed E-state index contributed by atoms with van der Waals surface area (Å²) in [6.45, 7) is 0. The van der Waals surface area contributed by atoms with E-state index in [1.807, 2.05) is 0 Å². The van der Waals surface area contributed by atoms with E-state index in [1.54, 1.807) is 0 Å². The third-order valence-electron chi connectivity index (χ3n) is 0. The minimum atomic E-state index is 0. The number of hydrogen-bond donors (Lipinski definition) is 1. The van der Waals surface area contributed by atoms with E-state index in [9.17, 15) is 0 Å². The number of halogens is 1. The van der Waals surface area contributed by atoms with Crippen LogP contribution >= 0.6 is 11.9 Å². The van der Waals surface area contributed by atoms with Crippen LogP contribution in [0.2, 0.25) is 0 Å². The van der Waals surface area contributed by atoms with Gasteiger partial charge in [-0.1, -0.05) is 0 Å². The Morgan fingerprint density at radius 3 is 1.50 bits per heavy atom. The molecule has 4 heavy (non-hydrogen) atoms. The molecule has 0 bridgehead atoms. The van der Waals surface area contributed by atoms with E-state index >= 15 is 0 Å². The fraction of sp³-hybridized carbons (Fsp3) is 0. The second-order valence-corrected chi connectivity index (χ2v) is 0. The average molecular weight is 128 g/mol. The van der Waals surface area contributed by atoms with Gasteiger partial charge in [0.2, 0.25) is 0 Å². The monoisotopic (exact) mass is 128 g/mol. The van der Waals surface area contributed by atoms with Crippen LogP contribution < -0.4 is 29.6 Å². The van der Waals surface area contributed by atoms with Crippen LogP contribution in [0.5, 0.6) is 0 Å². The van der Waals surface area contributed by atoms with Gasteiger partial charge < -0.3 is 1.43 Å². The summed E-state index contributed by atoms with van der Waals surface area (Å²) in [7, 11) is 0. The Bertz CT molecular complexity index is 11.6. The Morgan fingerprint density at radius 1 is 1.50 bits per heavy atom. The number of rotatable bonds is 0. The second kappa shape index (κ2) is 21.5. The van der Waals surface area contributed by atoms with Crippen molar-refractivity contribution in [3.63, 3.8) is 0 Å². The molecule has 0 aromatic heterocycles. The van der Waals surface area contributed by atoms with Crippen molar-refractivity contribution in [1.29, 1.82) is 0 Å². The Morgan fingerprint density at radius 2 is 1.50 bits per heavy atom. The molecule has 0 fully saturated rings. The zero-order valence-corrected chi connectivity index (χ0v) is 6.26. The van der Waals surface area contributed by atoms with Gasteiger partial charge in [0.1, 0.15) is 0 Å². The molecule has 0 atom stereocenters. The van der Waals surface area contributed by atoms with Crippen molar-refractivity contribution in [1.82, 2.24) is 0 Å². The van der Waals surface area contributed by atoms with Gasteiger partial charge in [-0.25, -0.2) is 0 Å². The van der Waals surface area contributed by atoms with Gasteiger partial charge in [-0.15, -0.1) is 0 Å². The van der Waals surface area contributed by atoms with E-state index in [-0.39, 0.29) is 48.3 Å². The molecule has 0 aliphatic carbocycles. The minimum absolute atomic E-state index is 0. The summed E-state index contributed by atoms with van der Waals surface area (Å²) < 4.78 is 6.47. The summed E-state index contributed by atoms with van der Waals surface area (Å²) in [5.41, 5.74) is 0. The summed E-state index contributed by atoms with van der Waals surface area (Å²) in [6.07, 6.45) is 0. The maximum Gasteiger partial charge on any atom is 1.00 e. The largest absolute Gasteiger partial charge is 1.00 e. The molecule has 0 aromatic carbocycles. The normalized spacial score (nSPS) is 1.50. The van der Waals surface area contributed by atoms with E-state index in [0.29, 0.717) is 0 Å². The second-order valence-electron chi connectivity index (χ2n) is 0. The first-order valence-electron chi connectivity index (χ1n) is 0.169. The molecular formula is H2ClCrNaO. The number of hydrogen-bond acceptors (Lipinski definition) is 1. The molecule has 0 rings (SSSR count). The Hall–Kier alpha value is 1.78.